The third-order valence-electron chi connectivity index (χ3n) is 2.38. The normalized spacial score (nSPS) is 12.6. The Kier molecular flexibility index (Phi) is 6.56. The number of carboxylic acids is 1. The summed E-state index contributed by atoms with van der Waals surface area (Å²) in [6, 6.07) is 0.285. The zero-order valence-electron chi connectivity index (χ0n) is 10.9. The van der Waals surface area contributed by atoms with Gasteiger partial charge in [0.25, 0.3) is 0 Å². The van der Waals surface area contributed by atoms with Crippen LogP contribution in [-0.2, 0) is 11.2 Å². The Morgan fingerprint density at radius 2 is 2.22 bits per heavy atom. The summed E-state index contributed by atoms with van der Waals surface area (Å²) in [6.07, 6.45) is 3.94. The predicted molar refractivity (Wildman–Crippen MR) is 75.5 cm³/mol. The molecule has 0 bridgehead atoms. The summed E-state index contributed by atoms with van der Waals surface area (Å²) in [7, 11) is 0. The van der Waals surface area contributed by atoms with E-state index in [2.05, 4.69) is 34.9 Å². The lowest BCUT2D eigenvalue weighted by Gasteiger charge is -2.16. The van der Waals surface area contributed by atoms with E-state index in [0.29, 0.717) is 5.16 Å². The van der Waals surface area contributed by atoms with Gasteiger partial charge in [0.1, 0.15) is 5.82 Å². The van der Waals surface area contributed by atoms with Crippen LogP contribution in [0.4, 0.5) is 0 Å². The van der Waals surface area contributed by atoms with Crippen LogP contribution in [-0.4, -0.2) is 43.6 Å². The first kappa shape index (κ1) is 15.4. The highest BCUT2D eigenvalue weighted by molar-refractivity contribution is 7.99. The van der Waals surface area contributed by atoms with Gasteiger partial charge in [0.15, 0.2) is 5.16 Å². The second-order valence-electron chi connectivity index (χ2n) is 4.01. The maximum absolute atomic E-state index is 10.6. The minimum absolute atomic E-state index is 0.0241. The zero-order chi connectivity index (χ0) is 13.5. The first-order valence-electron chi connectivity index (χ1n) is 5.87. The van der Waals surface area contributed by atoms with Crippen LogP contribution >= 0.6 is 23.5 Å². The van der Waals surface area contributed by atoms with Crippen molar-refractivity contribution in [1.82, 2.24) is 14.8 Å². The smallest absolute Gasteiger partial charge is 0.313 e. The largest absolute Gasteiger partial charge is 0.481 e. The molecule has 1 heterocycles. The quantitative estimate of drug-likeness (QED) is 0.741. The average molecular weight is 289 g/mol. The standard InChI is InChI=1S/C11H19N3O2S2/c1-4-5-9-12-13-11(18-7-10(15)16)14(9)8(2)6-17-3/h8H,4-7H2,1-3H3,(H,15,16). The molecule has 1 unspecified atom stereocenters. The van der Waals surface area contributed by atoms with E-state index < -0.39 is 5.97 Å². The molecule has 102 valence electrons. The van der Waals surface area contributed by atoms with Crippen LogP contribution in [0, 0.1) is 0 Å². The molecule has 0 radical (unpaired) electrons. The van der Waals surface area contributed by atoms with Crippen molar-refractivity contribution in [2.24, 2.45) is 0 Å². The van der Waals surface area contributed by atoms with Gasteiger partial charge >= 0.3 is 5.97 Å². The molecule has 1 N–H and O–H groups in total. The van der Waals surface area contributed by atoms with Gasteiger partial charge in [-0.1, -0.05) is 18.7 Å². The number of hydrogen-bond donors (Lipinski definition) is 1. The Morgan fingerprint density at radius 3 is 2.78 bits per heavy atom. The number of aliphatic carboxylic acids is 1. The molecule has 1 aromatic rings. The van der Waals surface area contributed by atoms with E-state index in [0.717, 1.165) is 24.4 Å². The molecule has 18 heavy (non-hydrogen) atoms. The maximum atomic E-state index is 10.6. The van der Waals surface area contributed by atoms with E-state index in [1.54, 1.807) is 11.8 Å². The van der Waals surface area contributed by atoms with Crippen molar-refractivity contribution in [2.45, 2.75) is 37.9 Å². The number of carbonyl (C=O) groups is 1. The van der Waals surface area contributed by atoms with Crippen LogP contribution in [0.1, 0.15) is 32.1 Å². The molecule has 5 nitrogen and oxygen atoms in total. The Labute approximate surface area is 116 Å². The fraction of sp³-hybridized carbons (Fsp3) is 0.727. The minimum atomic E-state index is -0.830. The van der Waals surface area contributed by atoms with Gasteiger partial charge in [0, 0.05) is 18.2 Å². The zero-order valence-corrected chi connectivity index (χ0v) is 12.6. The van der Waals surface area contributed by atoms with E-state index in [1.165, 1.54) is 11.8 Å². The van der Waals surface area contributed by atoms with Crippen molar-refractivity contribution < 1.29 is 9.90 Å². The summed E-state index contributed by atoms with van der Waals surface area (Å²) in [5.74, 6) is 1.11. The highest BCUT2D eigenvalue weighted by atomic mass is 32.2. The number of hydrogen-bond acceptors (Lipinski definition) is 5. The van der Waals surface area contributed by atoms with Crippen LogP contribution in [0.25, 0.3) is 0 Å². The summed E-state index contributed by atoms with van der Waals surface area (Å²) >= 11 is 3.00. The molecular weight excluding hydrogens is 270 g/mol. The van der Waals surface area contributed by atoms with Gasteiger partial charge in [0.2, 0.25) is 0 Å². The van der Waals surface area contributed by atoms with Gasteiger partial charge in [-0.15, -0.1) is 10.2 Å². The van der Waals surface area contributed by atoms with Crippen molar-refractivity contribution in [3.05, 3.63) is 5.82 Å². The molecule has 0 saturated heterocycles. The number of aromatic nitrogens is 3. The topological polar surface area (TPSA) is 68.0 Å². The van der Waals surface area contributed by atoms with Gasteiger partial charge in [-0.05, 0) is 19.6 Å². The maximum Gasteiger partial charge on any atom is 0.313 e. The summed E-state index contributed by atoms with van der Waals surface area (Å²) in [5, 5.41) is 17.7. The fourth-order valence-electron chi connectivity index (χ4n) is 1.68. The van der Waals surface area contributed by atoms with Crippen molar-refractivity contribution in [2.75, 3.05) is 17.8 Å². The number of rotatable bonds is 8. The second kappa shape index (κ2) is 7.68. The molecule has 0 aliphatic rings. The van der Waals surface area contributed by atoms with Crippen molar-refractivity contribution in [1.29, 1.82) is 0 Å². The number of thioether (sulfide) groups is 2. The monoisotopic (exact) mass is 289 g/mol. The predicted octanol–water partition coefficient (Wildman–Crippen LogP) is 2.33. The van der Waals surface area contributed by atoms with Crippen LogP contribution in [0.2, 0.25) is 0 Å². The molecule has 0 fully saturated rings. The molecular formula is C11H19N3O2S2. The van der Waals surface area contributed by atoms with Gasteiger partial charge in [-0.2, -0.15) is 11.8 Å². The van der Waals surface area contributed by atoms with Crippen molar-refractivity contribution in [3.63, 3.8) is 0 Å². The molecule has 0 spiro atoms. The highest BCUT2D eigenvalue weighted by Gasteiger charge is 2.17. The SMILES string of the molecule is CCCc1nnc(SCC(=O)O)n1C(C)CSC. The summed E-state index contributed by atoms with van der Waals surface area (Å²) in [5.41, 5.74) is 0. The Balaban J connectivity index is 2.90. The van der Waals surface area contributed by atoms with E-state index in [-0.39, 0.29) is 11.8 Å². The van der Waals surface area contributed by atoms with Gasteiger partial charge < -0.3 is 9.67 Å². The summed E-state index contributed by atoms with van der Waals surface area (Å²) in [4.78, 5) is 10.6. The highest BCUT2D eigenvalue weighted by Crippen LogP contribution is 2.24. The van der Waals surface area contributed by atoms with E-state index in [4.69, 9.17) is 5.11 Å². The average Bonchev–Trinajstić information content (AvgIpc) is 2.70. The lowest BCUT2D eigenvalue weighted by molar-refractivity contribution is -0.133. The van der Waals surface area contributed by atoms with Crippen molar-refractivity contribution >= 4 is 29.5 Å². The lowest BCUT2D eigenvalue weighted by atomic mass is 10.3. The molecule has 0 aliphatic carbocycles. The molecule has 7 heteroatoms. The molecule has 0 saturated carbocycles. The number of carboxylic acid groups (broad SMARTS) is 1. The molecule has 1 aromatic heterocycles. The number of aryl methyl sites for hydroxylation is 1. The summed E-state index contributed by atoms with van der Waals surface area (Å²) < 4.78 is 2.08. The number of nitrogens with zero attached hydrogens (tertiary/aromatic N) is 3. The van der Waals surface area contributed by atoms with Crippen LogP contribution in [0.15, 0.2) is 5.16 Å². The fourth-order valence-corrected chi connectivity index (χ4v) is 3.09. The Morgan fingerprint density at radius 1 is 1.50 bits per heavy atom. The third-order valence-corrected chi connectivity index (χ3v) is 4.13. The molecule has 0 aliphatic heterocycles. The molecule has 1 atom stereocenters. The van der Waals surface area contributed by atoms with E-state index in [9.17, 15) is 4.79 Å². The van der Waals surface area contributed by atoms with Gasteiger partial charge in [-0.3, -0.25) is 4.79 Å². The van der Waals surface area contributed by atoms with E-state index >= 15 is 0 Å². The Hall–Kier alpha value is -0.690. The molecule has 0 aromatic carbocycles. The van der Waals surface area contributed by atoms with Crippen LogP contribution in [0.5, 0.6) is 0 Å². The molecule has 0 amide bonds. The Bertz CT molecular complexity index is 396. The lowest BCUT2D eigenvalue weighted by Crippen LogP contribution is -2.13. The first-order chi connectivity index (χ1) is 8.60. The first-order valence-corrected chi connectivity index (χ1v) is 8.25. The van der Waals surface area contributed by atoms with E-state index in [1.807, 2.05) is 0 Å². The van der Waals surface area contributed by atoms with Crippen LogP contribution in [0.3, 0.4) is 0 Å². The van der Waals surface area contributed by atoms with Crippen molar-refractivity contribution in [3.8, 4) is 0 Å². The van der Waals surface area contributed by atoms with Gasteiger partial charge in [-0.25, -0.2) is 0 Å². The van der Waals surface area contributed by atoms with Crippen LogP contribution < -0.4 is 0 Å². The van der Waals surface area contributed by atoms with Gasteiger partial charge in [0.05, 0.1) is 5.75 Å². The minimum Gasteiger partial charge on any atom is -0.481 e. The second-order valence-corrected chi connectivity index (χ2v) is 5.86. The third kappa shape index (κ3) is 4.20. The summed E-state index contributed by atoms with van der Waals surface area (Å²) in [6.45, 7) is 4.21. The molecule has 1 rings (SSSR count).